The van der Waals surface area contributed by atoms with Crippen molar-refractivity contribution in [2.24, 2.45) is 0 Å². The van der Waals surface area contributed by atoms with E-state index in [2.05, 4.69) is 0 Å². The van der Waals surface area contributed by atoms with Crippen molar-refractivity contribution in [1.82, 2.24) is 0 Å². The van der Waals surface area contributed by atoms with Crippen LogP contribution in [-0.4, -0.2) is 28.9 Å². The lowest BCUT2D eigenvalue weighted by Gasteiger charge is -2.03. The summed E-state index contributed by atoms with van der Waals surface area (Å²) in [6.07, 6.45) is 0. The lowest BCUT2D eigenvalue weighted by molar-refractivity contribution is 0.0651. The summed E-state index contributed by atoms with van der Waals surface area (Å²) in [5.74, 6) is -2.13. The Hall–Kier alpha value is -2.24. The average Bonchev–Trinajstić information content (AvgIpc) is 2.61. The van der Waals surface area contributed by atoms with Crippen LogP contribution in [0.1, 0.15) is 20.7 Å². The lowest BCUT2D eigenvalue weighted by Crippen LogP contribution is -2.07. The first-order valence-electron chi connectivity index (χ1n) is 4.00. The summed E-state index contributed by atoms with van der Waals surface area (Å²) in [6, 6.07) is 2.29. The molecule has 0 saturated carbocycles. The van der Waals surface area contributed by atoms with E-state index in [1.807, 2.05) is 0 Å². The molecule has 1 aliphatic rings. The van der Waals surface area contributed by atoms with Gasteiger partial charge in [0.15, 0.2) is 11.5 Å². The zero-order valence-electron chi connectivity index (χ0n) is 7.39. The van der Waals surface area contributed by atoms with E-state index in [1.54, 1.807) is 0 Å². The Labute approximate surface area is 83.7 Å². The van der Waals surface area contributed by atoms with Crippen LogP contribution >= 0.6 is 0 Å². The van der Waals surface area contributed by atoms with Crippen molar-refractivity contribution in [3.05, 3.63) is 23.3 Å². The van der Waals surface area contributed by atoms with Crippen LogP contribution < -0.4 is 9.47 Å². The molecule has 0 radical (unpaired) electrons. The van der Waals surface area contributed by atoms with Gasteiger partial charge in [0.2, 0.25) is 6.79 Å². The molecule has 0 spiro atoms. The van der Waals surface area contributed by atoms with Gasteiger partial charge in [0.1, 0.15) is 0 Å². The molecule has 1 heterocycles. The van der Waals surface area contributed by atoms with Crippen LogP contribution in [0.3, 0.4) is 0 Å². The van der Waals surface area contributed by atoms with Crippen LogP contribution in [0.25, 0.3) is 0 Å². The van der Waals surface area contributed by atoms with Crippen molar-refractivity contribution in [1.29, 1.82) is 0 Å². The fourth-order valence-electron chi connectivity index (χ4n) is 1.30. The van der Waals surface area contributed by atoms with Crippen molar-refractivity contribution >= 4 is 11.9 Å². The first kappa shape index (κ1) is 9.32. The third kappa shape index (κ3) is 1.45. The molecule has 0 fully saturated rings. The Morgan fingerprint density at radius 2 is 1.40 bits per heavy atom. The molecule has 2 N–H and O–H groups in total. The van der Waals surface area contributed by atoms with Gasteiger partial charge >= 0.3 is 11.9 Å². The van der Waals surface area contributed by atoms with Crippen LogP contribution in [0.15, 0.2) is 12.1 Å². The molecule has 0 amide bonds. The minimum absolute atomic E-state index is 0.0303. The summed E-state index contributed by atoms with van der Waals surface area (Å²) in [5, 5.41) is 17.6. The van der Waals surface area contributed by atoms with Gasteiger partial charge in [-0.3, -0.25) is 0 Å². The van der Waals surface area contributed by atoms with Gasteiger partial charge in [-0.15, -0.1) is 0 Å². The Morgan fingerprint density at radius 1 is 1.00 bits per heavy atom. The maximum atomic E-state index is 10.8. The highest BCUT2D eigenvalue weighted by molar-refractivity contribution is 6.02. The molecule has 0 atom stereocenters. The Balaban J connectivity index is 2.62. The second kappa shape index (κ2) is 3.16. The second-order valence-corrected chi connectivity index (χ2v) is 2.86. The van der Waals surface area contributed by atoms with Crippen molar-refractivity contribution in [2.75, 3.05) is 6.79 Å². The fourth-order valence-corrected chi connectivity index (χ4v) is 1.30. The first-order valence-corrected chi connectivity index (χ1v) is 4.00. The van der Waals surface area contributed by atoms with Gasteiger partial charge in [-0.2, -0.15) is 0 Å². The zero-order valence-corrected chi connectivity index (χ0v) is 7.39. The number of benzene rings is 1. The summed E-state index contributed by atoms with van der Waals surface area (Å²) < 4.78 is 9.89. The highest BCUT2D eigenvalue weighted by Crippen LogP contribution is 2.34. The van der Waals surface area contributed by atoms with Gasteiger partial charge in [-0.05, 0) is 12.1 Å². The predicted molar refractivity (Wildman–Crippen MR) is 46.5 cm³/mol. The SMILES string of the molecule is O=C(O)c1cc2c(cc1C(=O)O)OCO2. The standard InChI is InChI=1S/C9H6O6/c10-8(11)4-1-6-7(15-3-14-6)2-5(4)9(12)13/h1-2H,3H2,(H,10,11)(H,12,13). The quantitative estimate of drug-likeness (QED) is 0.750. The molecule has 15 heavy (non-hydrogen) atoms. The number of hydrogen-bond donors (Lipinski definition) is 2. The molecule has 78 valence electrons. The number of carboxylic acid groups (broad SMARTS) is 2. The molecule has 0 unspecified atom stereocenters. The normalized spacial score (nSPS) is 12.5. The molecule has 0 aromatic heterocycles. The highest BCUT2D eigenvalue weighted by Gasteiger charge is 2.23. The largest absolute Gasteiger partial charge is 0.478 e. The third-order valence-corrected chi connectivity index (χ3v) is 1.97. The van der Waals surface area contributed by atoms with Gasteiger partial charge in [-0.1, -0.05) is 0 Å². The van der Waals surface area contributed by atoms with E-state index in [4.69, 9.17) is 19.7 Å². The summed E-state index contributed by atoms with van der Waals surface area (Å²) in [4.78, 5) is 21.5. The second-order valence-electron chi connectivity index (χ2n) is 2.86. The monoisotopic (exact) mass is 210 g/mol. The van der Waals surface area contributed by atoms with Crippen LogP contribution in [0.4, 0.5) is 0 Å². The van der Waals surface area contributed by atoms with E-state index >= 15 is 0 Å². The molecule has 2 rings (SSSR count). The van der Waals surface area contributed by atoms with Crippen LogP contribution in [0.2, 0.25) is 0 Å². The van der Waals surface area contributed by atoms with Crippen molar-refractivity contribution in [3.63, 3.8) is 0 Å². The molecule has 1 aromatic rings. The van der Waals surface area contributed by atoms with E-state index in [0.717, 1.165) is 12.1 Å². The molecule has 1 aromatic carbocycles. The van der Waals surface area contributed by atoms with E-state index in [9.17, 15) is 9.59 Å². The summed E-state index contributed by atoms with van der Waals surface area (Å²) in [7, 11) is 0. The van der Waals surface area contributed by atoms with Crippen LogP contribution in [0.5, 0.6) is 11.5 Å². The van der Waals surface area contributed by atoms with Crippen molar-refractivity contribution < 1.29 is 29.3 Å². The average molecular weight is 210 g/mol. The molecular formula is C9H6O6. The van der Waals surface area contributed by atoms with Gasteiger partial charge < -0.3 is 19.7 Å². The number of fused-ring (bicyclic) bond motifs is 1. The molecule has 6 nitrogen and oxygen atoms in total. The molecule has 0 aliphatic carbocycles. The van der Waals surface area contributed by atoms with E-state index in [-0.39, 0.29) is 29.4 Å². The van der Waals surface area contributed by atoms with E-state index in [0.29, 0.717) is 0 Å². The third-order valence-electron chi connectivity index (χ3n) is 1.97. The molecular weight excluding hydrogens is 204 g/mol. The minimum atomic E-state index is -1.31. The predicted octanol–water partition coefficient (Wildman–Crippen LogP) is 0.812. The van der Waals surface area contributed by atoms with Gasteiger partial charge in [-0.25, -0.2) is 9.59 Å². The Morgan fingerprint density at radius 3 is 1.73 bits per heavy atom. The fraction of sp³-hybridized carbons (Fsp3) is 0.111. The highest BCUT2D eigenvalue weighted by atomic mass is 16.7. The number of hydrogen-bond acceptors (Lipinski definition) is 4. The maximum Gasteiger partial charge on any atom is 0.336 e. The number of rotatable bonds is 2. The Bertz CT molecular complexity index is 409. The molecule has 6 heteroatoms. The van der Waals surface area contributed by atoms with Gasteiger partial charge in [0.25, 0.3) is 0 Å². The van der Waals surface area contributed by atoms with Crippen LogP contribution in [0, 0.1) is 0 Å². The van der Waals surface area contributed by atoms with Crippen LogP contribution in [-0.2, 0) is 0 Å². The number of carbonyl (C=O) groups is 2. The van der Waals surface area contributed by atoms with Crippen molar-refractivity contribution in [2.45, 2.75) is 0 Å². The summed E-state index contributed by atoms with van der Waals surface area (Å²) >= 11 is 0. The number of carboxylic acids is 2. The number of ether oxygens (including phenoxy) is 2. The topological polar surface area (TPSA) is 93.1 Å². The maximum absolute atomic E-state index is 10.8. The van der Waals surface area contributed by atoms with Crippen molar-refractivity contribution in [3.8, 4) is 11.5 Å². The summed E-state index contributed by atoms with van der Waals surface area (Å²) in [5.41, 5.74) is -0.626. The number of aromatic carboxylic acids is 2. The van der Waals surface area contributed by atoms with E-state index in [1.165, 1.54) is 0 Å². The minimum Gasteiger partial charge on any atom is -0.478 e. The zero-order chi connectivity index (χ0) is 11.0. The summed E-state index contributed by atoms with van der Waals surface area (Å²) in [6.45, 7) is -0.0303. The molecule has 1 aliphatic heterocycles. The van der Waals surface area contributed by atoms with Gasteiger partial charge in [0, 0.05) is 0 Å². The molecule has 0 saturated heterocycles. The smallest absolute Gasteiger partial charge is 0.336 e. The Kier molecular flexibility index (Phi) is 1.96. The first-order chi connectivity index (χ1) is 7.09. The lowest BCUT2D eigenvalue weighted by atomic mass is 10.1. The molecule has 0 bridgehead atoms. The van der Waals surface area contributed by atoms with Gasteiger partial charge in [0.05, 0.1) is 11.1 Å². The van der Waals surface area contributed by atoms with E-state index < -0.39 is 11.9 Å².